The Morgan fingerprint density at radius 1 is 1.09 bits per heavy atom. The summed E-state index contributed by atoms with van der Waals surface area (Å²) in [6.45, 7) is 0.591. The largest absolute Gasteiger partial charge is 0.459 e. The molecule has 3 saturated heterocycles. The molecule has 172 valence electrons. The monoisotopic (exact) mass is 486 g/mol. The lowest BCUT2D eigenvalue weighted by atomic mass is 9.93. The van der Waals surface area contributed by atoms with E-state index < -0.39 is 11.6 Å². The number of esters is 1. The molecule has 5 heterocycles. The van der Waals surface area contributed by atoms with Crippen LogP contribution in [-0.4, -0.2) is 53.0 Å². The van der Waals surface area contributed by atoms with Gasteiger partial charge in [0.25, 0.3) is 0 Å². The Morgan fingerprint density at radius 2 is 1.70 bits per heavy atom. The molecule has 4 unspecified atom stereocenters. The molecule has 0 aliphatic carbocycles. The van der Waals surface area contributed by atoms with Crippen molar-refractivity contribution >= 4 is 28.6 Å². The molecular formula is C25H25FNO4S2+. The lowest BCUT2D eigenvalue weighted by Crippen LogP contribution is -2.62. The van der Waals surface area contributed by atoms with E-state index in [4.69, 9.17) is 9.47 Å². The highest BCUT2D eigenvalue weighted by Gasteiger charge is 2.72. The Hall–Kier alpha value is -2.10. The van der Waals surface area contributed by atoms with Gasteiger partial charge in [0.1, 0.15) is 42.8 Å². The first-order valence-electron chi connectivity index (χ1n) is 11.2. The molecule has 0 radical (unpaired) electrons. The summed E-state index contributed by atoms with van der Waals surface area (Å²) < 4.78 is 27.0. The van der Waals surface area contributed by atoms with Crippen LogP contribution in [0.2, 0.25) is 0 Å². The molecule has 3 aliphatic heterocycles. The predicted molar refractivity (Wildman–Crippen MR) is 123 cm³/mol. The topological polar surface area (TPSA) is 59.1 Å². The first-order valence-corrected chi connectivity index (χ1v) is 12.9. The fraction of sp³-hybridized carbons (Fsp3) is 0.400. The maximum atomic E-state index is 14.4. The average molecular weight is 487 g/mol. The Kier molecular flexibility index (Phi) is 5.01. The van der Waals surface area contributed by atoms with E-state index in [1.807, 2.05) is 35.0 Å². The lowest BCUT2D eigenvalue weighted by molar-refractivity contribution is -0.968. The molecule has 3 aliphatic rings. The number of morpholine rings is 1. The van der Waals surface area contributed by atoms with Crippen molar-refractivity contribution in [2.75, 3.05) is 7.05 Å². The van der Waals surface area contributed by atoms with Crippen LogP contribution in [0, 0.1) is 5.82 Å². The van der Waals surface area contributed by atoms with Crippen molar-refractivity contribution in [2.45, 2.75) is 55.4 Å². The Balaban J connectivity index is 1.23. The number of aliphatic hydroxyl groups is 1. The highest BCUT2D eigenvalue weighted by molar-refractivity contribution is 7.12. The van der Waals surface area contributed by atoms with Crippen molar-refractivity contribution < 1.29 is 28.2 Å². The van der Waals surface area contributed by atoms with Gasteiger partial charge in [-0.3, -0.25) is 0 Å². The van der Waals surface area contributed by atoms with Crippen LogP contribution in [0.25, 0.3) is 0 Å². The Morgan fingerprint density at radius 3 is 2.24 bits per heavy atom. The van der Waals surface area contributed by atoms with Crippen LogP contribution in [0.15, 0.2) is 59.3 Å². The van der Waals surface area contributed by atoms with Crippen LogP contribution in [0.4, 0.5) is 4.39 Å². The lowest BCUT2D eigenvalue weighted by Gasteiger charge is -2.48. The van der Waals surface area contributed by atoms with Crippen molar-refractivity contribution in [1.29, 1.82) is 0 Å². The SMILES string of the molecule is C[N+]1(Cc2ccccc2F)C2CC(OC(=O)C(O)(c3cccs3)c3cccs3)CC1C1OC12. The standard InChI is InChI=1S/C25H25FNO4S2/c1-27(14-15-6-2-3-7-17(15)26)18-12-16(13-19(27)23-22(18)31-23)30-24(28)25(29,20-8-4-10-32-20)21-9-5-11-33-21/h2-11,16,18-19,22-23,29H,12-14H2,1H3/q+1. The number of rotatable bonds is 6. The number of fused-ring (bicyclic) bond motifs is 5. The molecule has 2 aromatic heterocycles. The molecule has 4 atom stereocenters. The van der Waals surface area contributed by atoms with Crippen molar-refractivity contribution in [3.05, 3.63) is 80.4 Å². The van der Waals surface area contributed by atoms with Gasteiger partial charge in [0.15, 0.2) is 0 Å². The summed E-state index contributed by atoms with van der Waals surface area (Å²) in [4.78, 5) is 14.5. The van der Waals surface area contributed by atoms with E-state index in [1.165, 1.54) is 28.7 Å². The summed E-state index contributed by atoms with van der Waals surface area (Å²) >= 11 is 2.68. The van der Waals surface area contributed by atoms with Crippen LogP contribution < -0.4 is 0 Å². The molecule has 3 fully saturated rings. The van der Waals surface area contributed by atoms with Crippen LogP contribution in [0.3, 0.4) is 0 Å². The number of thiophene rings is 2. The number of likely N-dealkylation sites (N-methyl/N-ethyl adjacent to an activating group) is 1. The molecule has 3 aromatic rings. The van der Waals surface area contributed by atoms with Crippen LogP contribution in [-0.2, 0) is 26.4 Å². The third-order valence-electron chi connectivity index (χ3n) is 7.64. The molecule has 8 heteroatoms. The summed E-state index contributed by atoms with van der Waals surface area (Å²) in [5.74, 6) is -0.812. The number of hydrogen-bond acceptors (Lipinski definition) is 6. The highest BCUT2D eigenvalue weighted by atomic mass is 32.1. The van der Waals surface area contributed by atoms with Crippen LogP contribution in [0.5, 0.6) is 0 Å². The number of halogens is 1. The van der Waals surface area contributed by atoms with Crippen molar-refractivity contribution in [2.24, 2.45) is 0 Å². The maximum Gasteiger partial charge on any atom is 0.349 e. The summed E-state index contributed by atoms with van der Waals surface area (Å²) in [6, 6.07) is 14.4. The number of ether oxygens (including phenoxy) is 2. The second-order valence-electron chi connectivity index (χ2n) is 9.46. The van der Waals surface area contributed by atoms with Crippen molar-refractivity contribution in [1.82, 2.24) is 0 Å². The summed E-state index contributed by atoms with van der Waals surface area (Å²) in [7, 11) is 2.17. The van der Waals surface area contributed by atoms with Crippen LogP contribution >= 0.6 is 22.7 Å². The first-order chi connectivity index (χ1) is 15.9. The van der Waals surface area contributed by atoms with Gasteiger partial charge >= 0.3 is 5.97 Å². The minimum Gasteiger partial charge on any atom is -0.459 e. The zero-order valence-electron chi connectivity index (χ0n) is 18.1. The van der Waals surface area contributed by atoms with E-state index in [9.17, 15) is 14.3 Å². The number of hydrogen-bond donors (Lipinski definition) is 1. The van der Waals surface area contributed by atoms with Gasteiger partial charge in [-0.05, 0) is 29.0 Å². The van der Waals surface area contributed by atoms with E-state index in [1.54, 1.807) is 18.2 Å². The number of carbonyl (C=O) groups excluding carboxylic acids is 1. The number of epoxide rings is 1. The number of piperidine rings is 1. The quantitative estimate of drug-likeness (QED) is 0.324. The molecule has 1 N–H and O–H groups in total. The van der Waals surface area contributed by atoms with Gasteiger partial charge < -0.3 is 19.1 Å². The Bertz CT molecular complexity index is 1110. The normalized spacial score (nSPS) is 32.4. The number of carbonyl (C=O) groups is 1. The molecule has 1 aromatic carbocycles. The second-order valence-corrected chi connectivity index (χ2v) is 11.4. The highest BCUT2D eigenvalue weighted by Crippen LogP contribution is 2.54. The van der Waals surface area contributed by atoms with E-state index in [2.05, 4.69) is 7.05 Å². The van der Waals surface area contributed by atoms with Gasteiger partial charge in [-0.25, -0.2) is 9.18 Å². The van der Waals surface area contributed by atoms with Gasteiger partial charge in [-0.2, -0.15) is 0 Å². The van der Waals surface area contributed by atoms with E-state index in [0.29, 0.717) is 39.2 Å². The minimum absolute atomic E-state index is 0.128. The number of nitrogens with zero attached hydrogens (tertiary/aromatic N) is 1. The van der Waals surface area contributed by atoms with Crippen molar-refractivity contribution in [3.8, 4) is 0 Å². The zero-order chi connectivity index (χ0) is 22.8. The number of quaternary nitrogens is 1. The third-order valence-corrected chi connectivity index (χ3v) is 9.59. The van der Waals surface area contributed by atoms with Gasteiger partial charge in [0.05, 0.1) is 16.8 Å². The molecular weight excluding hydrogens is 461 g/mol. The predicted octanol–water partition coefficient (Wildman–Crippen LogP) is 4.06. The fourth-order valence-corrected chi connectivity index (χ4v) is 7.62. The minimum atomic E-state index is -1.80. The Labute approximate surface area is 199 Å². The number of benzene rings is 1. The smallest absolute Gasteiger partial charge is 0.349 e. The average Bonchev–Trinajstić information content (AvgIpc) is 3.15. The van der Waals surface area contributed by atoms with E-state index >= 15 is 0 Å². The third kappa shape index (κ3) is 3.31. The molecule has 33 heavy (non-hydrogen) atoms. The van der Waals surface area contributed by atoms with E-state index in [0.717, 1.165) is 0 Å². The molecule has 0 spiro atoms. The summed E-state index contributed by atoms with van der Waals surface area (Å²) in [5.41, 5.74) is -1.10. The second kappa shape index (κ2) is 7.71. The van der Waals surface area contributed by atoms with Gasteiger partial charge in [0.2, 0.25) is 5.60 Å². The molecule has 0 amide bonds. The first kappa shape index (κ1) is 21.4. The fourth-order valence-electron chi connectivity index (χ4n) is 5.91. The van der Waals surface area contributed by atoms with Gasteiger partial charge in [-0.1, -0.05) is 30.3 Å². The molecule has 5 nitrogen and oxygen atoms in total. The molecule has 0 saturated carbocycles. The zero-order valence-corrected chi connectivity index (χ0v) is 19.7. The van der Waals surface area contributed by atoms with Gasteiger partial charge in [-0.15, -0.1) is 22.7 Å². The van der Waals surface area contributed by atoms with Crippen molar-refractivity contribution in [3.63, 3.8) is 0 Å². The summed E-state index contributed by atoms with van der Waals surface area (Å²) in [6.07, 6.45) is 1.23. The van der Waals surface area contributed by atoms with Gasteiger partial charge in [0, 0.05) is 18.4 Å². The maximum absolute atomic E-state index is 14.4. The van der Waals surface area contributed by atoms with Crippen LogP contribution in [0.1, 0.15) is 28.2 Å². The molecule has 6 rings (SSSR count). The summed E-state index contributed by atoms with van der Waals surface area (Å²) in [5, 5.41) is 15.2. The molecule has 2 bridgehead atoms. The van der Waals surface area contributed by atoms with E-state index in [-0.39, 0.29) is 36.2 Å².